The largest absolute Gasteiger partial charge is 0.393 e. The Bertz CT molecular complexity index is 479. The number of nitrogens with one attached hydrogen (secondary N) is 1. The molecule has 1 aromatic carbocycles. The van der Waals surface area contributed by atoms with Crippen molar-refractivity contribution in [2.45, 2.75) is 13.8 Å². The van der Waals surface area contributed by atoms with E-state index in [-0.39, 0.29) is 22.6 Å². The zero-order valence-electron chi connectivity index (χ0n) is 10.0. The molecule has 6 heteroatoms. The number of anilines is 1. The third-order valence-corrected chi connectivity index (χ3v) is 3.35. The Morgan fingerprint density at radius 1 is 1.50 bits per heavy atom. The van der Waals surface area contributed by atoms with E-state index in [2.05, 4.69) is 21.2 Å². The number of halogens is 2. The first-order valence-corrected chi connectivity index (χ1v) is 6.58. The topological polar surface area (TPSA) is 55.1 Å². The van der Waals surface area contributed by atoms with E-state index in [1.165, 1.54) is 18.2 Å². The van der Waals surface area contributed by atoms with Crippen molar-refractivity contribution in [2.24, 2.45) is 17.6 Å². The molecule has 0 aromatic heterocycles. The maximum atomic E-state index is 12.9. The van der Waals surface area contributed by atoms with E-state index in [1.807, 2.05) is 13.8 Å². The molecule has 1 rings (SSSR count). The Hall–Kier alpha value is -1.01. The molecule has 0 spiro atoms. The van der Waals surface area contributed by atoms with Crippen LogP contribution in [0.1, 0.15) is 13.8 Å². The minimum Gasteiger partial charge on any atom is -0.393 e. The van der Waals surface area contributed by atoms with E-state index >= 15 is 0 Å². The second-order valence-electron chi connectivity index (χ2n) is 4.24. The van der Waals surface area contributed by atoms with Crippen LogP contribution in [0.25, 0.3) is 0 Å². The van der Waals surface area contributed by atoms with Crippen molar-refractivity contribution >= 4 is 44.7 Å². The third kappa shape index (κ3) is 3.74. The van der Waals surface area contributed by atoms with Gasteiger partial charge in [0.25, 0.3) is 0 Å². The standard InChI is InChI=1S/C12H14BrFN2OS/c1-6(2)10(11(15)18)12(17)16-9-4-3-7(14)5-8(9)13/h3-6,10H,1-2H3,(H2,15,18)(H,16,17). The molecule has 0 aliphatic heterocycles. The number of hydrogen-bond acceptors (Lipinski definition) is 2. The number of hydrogen-bond donors (Lipinski definition) is 2. The Morgan fingerprint density at radius 2 is 2.11 bits per heavy atom. The van der Waals surface area contributed by atoms with Crippen LogP contribution >= 0.6 is 28.1 Å². The number of carbonyl (C=O) groups is 1. The van der Waals surface area contributed by atoms with E-state index < -0.39 is 5.92 Å². The highest BCUT2D eigenvalue weighted by Crippen LogP contribution is 2.24. The lowest BCUT2D eigenvalue weighted by molar-refractivity contribution is -0.118. The Morgan fingerprint density at radius 3 is 2.56 bits per heavy atom. The molecule has 0 aliphatic rings. The van der Waals surface area contributed by atoms with Gasteiger partial charge in [-0.3, -0.25) is 4.79 Å². The SMILES string of the molecule is CC(C)C(C(=O)Nc1ccc(F)cc1Br)C(N)=S. The van der Waals surface area contributed by atoms with E-state index in [0.29, 0.717) is 10.2 Å². The minimum atomic E-state index is -0.544. The number of nitrogens with two attached hydrogens (primary N) is 1. The lowest BCUT2D eigenvalue weighted by Gasteiger charge is -2.19. The molecule has 98 valence electrons. The van der Waals surface area contributed by atoms with Gasteiger partial charge in [-0.15, -0.1) is 0 Å². The van der Waals surface area contributed by atoms with Gasteiger partial charge < -0.3 is 11.1 Å². The zero-order chi connectivity index (χ0) is 13.9. The summed E-state index contributed by atoms with van der Waals surface area (Å²) in [5, 5.41) is 2.68. The Kier molecular flexibility index (Phi) is 5.22. The monoisotopic (exact) mass is 332 g/mol. The molecular formula is C12H14BrFN2OS. The molecule has 3 N–H and O–H groups in total. The van der Waals surface area contributed by atoms with E-state index in [1.54, 1.807) is 0 Å². The summed E-state index contributed by atoms with van der Waals surface area (Å²) in [7, 11) is 0. The van der Waals surface area contributed by atoms with Crippen molar-refractivity contribution in [1.29, 1.82) is 0 Å². The minimum absolute atomic E-state index is 0.00160. The molecule has 18 heavy (non-hydrogen) atoms. The van der Waals surface area contributed by atoms with Crippen LogP contribution in [0.2, 0.25) is 0 Å². The molecule has 0 fully saturated rings. The van der Waals surface area contributed by atoms with Gasteiger partial charge in [-0.2, -0.15) is 0 Å². The highest BCUT2D eigenvalue weighted by molar-refractivity contribution is 9.10. The van der Waals surface area contributed by atoms with Crippen LogP contribution in [0.15, 0.2) is 22.7 Å². The number of carbonyl (C=O) groups excluding carboxylic acids is 1. The molecule has 0 radical (unpaired) electrons. The number of rotatable bonds is 4. The molecular weight excluding hydrogens is 319 g/mol. The quantitative estimate of drug-likeness (QED) is 0.833. The van der Waals surface area contributed by atoms with Gasteiger partial charge in [0, 0.05) is 4.47 Å². The highest BCUT2D eigenvalue weighted by atomic mass is 79.9. The van der Waals surface area contributed by atoms with E-state index in [4.69, 9.17) is 18.0 Å². The van der Waals surface area contributed by atoms with Gasteiger partial charge in [0.1, 0.15) is 5.82 Å². The van der Waals surface area contributed by atoms with Crippen LogP contribution in [0, 0.1) is 17.7 Å². The van der Waals surface area contributed by atoms with Crippen LogP contribution in [0.4, 0.5) is 10.1 Å². The lowest BCUT2D eigenvalue weighted by Crippen LogP contribution is -2.36. The molecule has 3 nitrogen and oxygen atoms in total. The average Bonchev–Trinajstić information content (AvgIpc) is 2.21. The predicted molar refractivity (Wildman–Crippen MR) is 77.8 cm³/mol. The van der Waals surface area contributed by atoms with Crippen LogP contribution in [-0.4, -0.2) is 10.9 Å². The molecule has 0 heterocycles. The first-order valence-electron chi connectivity index (χ1n) is 5.38. The van der Waals surface area contributed by atoms with E-state index in [9.17, 15) is 9.18 Å². The Balaban J connectivity index is 2.89. The van der Waals surface area contributed by atoms with Gasteiger partial charge in [-0.1, -0.05) is 26.1 Å². The first kappa shape index (κ1) is 15.0. The van der Waals surface area contributed by atoms with Gasteiger partial charge >= 0.3 is 0 Å². The maximum absolute atomic E-state index is 12.9. The molecule has 0 aliphatic carbocycles. The Labute approximate surface area is 119 Å². The van der Waals surface area contributed by atoms with Gasteiger partial charge in [0.2, 0.25) is 5.91 Å². The fourth-order valence-corrected chi connectivity index (χ4v) is 2.39. The van der Waals surface area contributed by atoms with E-state index in [0.717, 1.165) is 0 Å². The fourth-order valence-electron chi connectivity index (χ4n) is 1.56. The van der Waals surface area contributed by atoms with Crippen molar-refractivity contribution in [3.63, 3.8) is 0 Å². The van der Waals surface area contributed by atoms with Crippen LogP contribution in [0.3, 0.4) is 0 Å². The van der Waals surface area contributed by atoms with Crippen molar-refractivity contribution in [3.05, 3.63) is 28.5 Å². The summed E-state index contributed by atoms with van der Waals surface area (Å²) in [6.45, 7) is 3.73. The summed E-state index contributed by atoms with van der Waals surface area (Å²) >= 11 is 8.06. The van der Waals surface area contributed by atoms with Gasteiger partial charge in [0.15, 0.2) is 0 Å². The average molecular weight is 333 g/mol. The second-order valence-corrected chi connectivity index (χ2v) is 5.56. The van der Waals surface area contributed by atoms with Crippen LogP contribution in [0.5, 0.6) is 0 Å². The highest BCUT2D eigenvalue weighted by Gasteiger charge is 2.25. The van der Waals surface area contributed by atoms with Crippen molar-refractivity contribution in [3.8, 4) is 0 Å². The van der Waals surface area contributed by atoms with Crippen LogP contribution < -0.4 is 11.1 Å². The van der Waals surface area contributed by atoms with Crippen LogP contribution in [-0.2, 0) is 4.79 Å². The number of amides is 1. The van der Waals surface area contributed by atoms with Crippen molar-refractivity contribution in [1.82, 2.24) is 0 Å². The summed E-state index contributed by atoms with van der Waals surface area (Å²) in [4.78, 5) is 12.2. The lowest BCUT2D eigenvalue weighted by atomic mass is 9.95. The summed E-state index contributed by atoms with van der Waals surface area (Å²) < 4.78 is 13.4. The summed E-state index contributed by atoms with van der Waals surface area (Å²) in [5.41, 5.74) is 6.04. The molecule has 1 amide bonds. The number of benzene rings is 1. The maximum Gasteiger partial charge on any atom is 0.234 e. The van der Waals surface area contributed by atoms with Gasteiger partial charge in [-0.05, 0) is 40.0 Å². The summed E-state index contributed by atoms with van der Waals surface area (Å²) in [6, 6.07) is 4.03. The molecule has 1 atom stereocenters. The molecule has 0 saturated carbocycles. The smallest absolute Gasteiger partial charge is 0.234 e. The molecule has 1 unspecified atom stereocenters. The molecule has 0 bridgehead atoms. The number of thiocarbonyl (C=S) groups is 1. The van der Waals surface area contributed by atoms with Crippen molar-refractivity contribution in [2.75, 3.05) is 5.32 Å². The predicted octanol–water partition coefficient (Wildman–Crippen LogP) is 3.09. The van der Waals surface area contributed by atoms with Gasteiger partial charge in [-0.25, -0.2) is 4.39 Å². The molecule has 1 aromatic rings. The van der Waals surface area contributed by atoms with Crippen molar-refractivity contribution < 1.29 is 9.18 Å². The normalized spacial score (nSPS) is 12.3. The fraction of sp³-hybridized carbons (Fsp3) is 0.333. The van der Waals surface area contributed by atoms with Gasteiger partial charge in [0.05, 0.1) is 16.6 Å². The summed E-state index contributed by atoms with van der Waals surface area (Å²) in [5.74, 6) is -1.21. The third-order valence-electron chi connectivity index (χ3n) is 2.44. The zero-order valence-corrected chi connectivity index (χ0v) is 12.4. The summed E-state index contributed by atoms with van der Waals surface area (Å²) in [6.07, 6.45) is 0. The molecule has 0 saturated heterocycles. The second kappa shape index (κ2) is 6.24. The first-order chi connectivity index (χ1) is 8.32.